The van der Waals surface area contributed by atoms with Crippen molar-refractivity contribution in [1.82, 2.24) is 0 Å². The molecule has 0 rings (SSSR count). The van der Waals surface area contributed by atoms with Crippen LogP contribution in [-0.2, 0) is 0 Å². The van der Waals surface area contributed by atoms with Gasteiger partial charge in [-0.3, -0.25) is 0 Å². The molecule has 0 amide bonds. The average molecular weight is 332 g/mol. The Labute approximate surface area is 147 Å². The number of nitrogens with zero attached hydrogens (tertiary/aromatic N) is 1. The first-order chi connectivity index (χ1) is 10.5. The molecule has 0 unspecified atom stereocenters. The van der Waals surface area contributed by atoms with Crippen LogP contribution in [0.15, 0.2) is 0 Å². The predicted octanol–water partition coefficient (Wildman–Crippen LogP) is 3.81. The molecule has 0 aromatic carbocycles. The highest BCUT2D eigenvalue weighted by atomic mass is 19.0. The molecule has 0 aromatic heterocycles. The van der Waals surface area contributed by atoms with E-state index in [9.17, 15) is 0 Å². The minimum absolute atomic E-state index is 0. The van der Waals surface area contributed by atoms with Crippen molar-refractivity contribution < 1.29 is 9.19 Å². The number of rotatable bonds is 16. The quantitative estimate of drug-likeness (QED) is 0.298. The van der Waals surface area contributed by atoms with E-state index in [0.717, 1.165) is 5.92 Å². The lowest BCUT2D eigenvalue weighted by molar-refractivity contribution is -0.890. The zero-order valence-corrected chi connectivity index (χ0v) is 17.0. The van der Waals surface area contributed by atoms with E-state index in [2.05, 4.69) is 34.9 Å². The van der Waals surface area contributed by atoms with Gasteiger partial charge in [0.15, 0.2) is 0 Å². The standard InChI is InChI=1S/C21H46N.FH/c1-6-7-8-9-10-11-13-16-19-22(4,5)20-17-14-12-15-18-21(2)3;/h21H,6-20H2,1-5H3;1H/q+1;/p-1. The monoisotopic (exact) mass is 331 g/mol. The van der Waals surface area contributed by atoms with E-state index in [1.165, 1.54) is 101 Å². The lowest BCUT2D eigenvalue weighted by Gasteiger charge is -2.30. The molecule has 0 atom stereocenters. The zero-order valence-electron chi connectivity index (χ0n) is 17.0. The lowest BCUT2D eigenvalue weighted by Crippen LogP contribution is -3.00. The van der Waals surface area contributed by atoms with Gasteiger partial charge in [0.05, 0.1) is 27.2 Å². The van der Waals surface area contributed by atoms with E-state index in [1.54, 1.807) is 0 Å². The van der Waals surface area contributed by atoms with Crippen LogP contribution in [0.2, 0.25) is 0 Å². The summed E-state index contributed by atoms with van der Waals surface area (Å²) in [4.78, 5) is 0. The molecule has 1 nitrogen and oxygen atoms in total. The van der Waals surface area contributed by atoms with Crippen LogP contribution in [0.5, 0.6) is 0 Å². The summed E-state index contributed by atoms with van der Waals surface area (Å²) in [6, 6.07) is 0. The lowest BCUT2D eigenvalue weighted by atomic mass is 10.0. The highest BCUT2D eigenvalue weighted by Gasteiger charge is 2.13. The van der Waals surface area contributed by atoms with Crippen molar-refractivity contribution in [2.45, 2.75) is 104 Å². The van der Waals surface area contributed by atoms with Gasteiger partial charge >= 0.3 is 0 Å². The minimum Gasteiger partial charge on any atom is -1.00 e. The fraction of sp³-hybridized carbons (Fsp3) is 1.00. The molecule has 0 radical (unpaired) electrons. The summed E-state index contributed by atoms with van der Waals surface area (Å²) in [7, 11) is 4.85. The van der Waals surface area contributed by atoms with Gasteiger partial charge in [-0.2, -0.15) is 0 Å². The Morgan fingerprint density at radius 1 is 0.609 bits per heavy atom. The fourth-order valence-corrected chi connectivity index (χ4v) is 3.23. The summed E-state index contributed by atoms with van der Waals surface area (Å²) < 4.78 is 1.24. The number of quaternary nitrogens is 1. The van der Waals surface area contributed by atoms with Gasteiger partial charge in [-0.05, 0) is 31.6 Å². The largest absolute Gasteiger partial charge is 1.00 e. The molecule has 0 bridgehead atoms. The molecule has 0 N–H and O–H groups in total. The van der Waals surface area contributed by atoms with Gasteiger partial charge < -0.3 is 9.19 Å². The molecule has 0 saturated carbocycles. The van der Waals surface area contributed by atoms with Crippen LogP contribution in [0, 0.1) is 5.92 Å². The van der Waals surface area contributed by atoms with Gasteiger partial charge in [0.25, 0.3) is 0 Å². The second kappa shape index (κ2) is 16.7. The Balaban J connectivity index is 0. The highest BCUT2D eigenvalue weighted by Crippen LogP contribution is 2.13. The van der Waals surface area contributed by atoms with Crippen molar-refractivity contribution in [2.75, 3.05) is 27.2 Å². The number of hydrogen-bond donors (Lipinski definition) is 0. The summed E-state index contributed by atoms with van der Waals surface area (Å²) in [6.07, 6.45) is 18.6. The third-order valence-corrected chi connectivity index (χ3v) is 4.91. The molecule has 0 aliphatic heterocycles. The Kier molecular flexibility index (Phi) is 18.3. The van der Waals surface area contributed by atoms with Crippen LogP contribution in [0.4, 0.5) is 0 Å². The van der Waals surface area contributed by atoms with Crippen molar-refractivity contribution in [3.63, 3.8) is 0 Å². The van der Waals surface area contributed by atoms with E-state index < -0.39 is 0 Å². The van der Waals surface area contributed by atoms with Gasteiger partial charge in [0.1, 0.15) is 0 Å². The second-order valence-corrected chi connectivity index (χ2v) is 8.45. The third-order valence-electron chi connectivity index (χ3n) is 4.91. The Morgan fingerprint density at radius 3 is 1.43 bits per heavy atom. The van der Waals surface area contributed by atoms with E-state index in [-0.39, 0.29) is 4.70 Å². The maximum Gasteiger partial charge on any atom is 0.0782 e. The normalized spacial score (nSPS) is 11.7. The third kappa shape index (κ3) is 19.8. The first-order valence-corrected chi connectivity index (χ1v) is 10.3. The molecule has 0 saturated heterocycles. The van der Waals surface area contributed by atoms with Gasteiger partial charge in [0, 0.05) is 0 Å². The van der Waals surface area contributed by atoms with E-state index in [4.69, 9.17) is 0 Å². The number of hydrogen-bond acceptors (Lipinski definition) is 0. The van der Waals surface area contributed by atoms with Gasteiger partial charge in [0.2, 0.25) is 0 Å². The van der Waals surface area contributed by atoms with Gasteiger partial charge in [-0.1, -0.05) is 78.6 Å². The van der Waals surface area contributed by atoms with E-state index in [1.807, 2.05) is 0 Å². The van der Waals surface area contributed by atoms with Crippen molar-refractivity contribution >= 4 is 0 Å². The summed E-state index contributed by atoms with van der Waals surface area (Å²) in [5.74, 6) is 0.884. The smallest absolute Gasteiger partial charge is 0.0782 e. The number of halogens is 1. The van der Waals surface area contributed by atoms with Crippen LogP contribution in [-0.4, -0.2) is 31.7 Å². The maximum absolute atomic E-state index is 2.43. The van der Waals surface area contributed by atoms with Crippen LogP contribution in [0.25, 0.3) is 0 Å². The van der Waals surface area contributed by atoms with Gasteiger partial charge in [-0.25, -0.2) is 0 Å². The summed E-state index contributed by atoms with van der Waals surface area (Å²) in [6.45, 7) is 9.72. The maximum atomic E-state index is 2.43. The topological polar surface area (TPSA) is 0 Å². The SMILES string of the molecule is CCCCCCCCCC[N+](C)(C)CCCCCCC(C)C.[F-]. The van der Waals surface area contributed by atoms with E-state index in [0.29, 0.717) is 0 Å². The molecule has 0 heterocycles. The number of unbranched alkanes of at least 4 members (excludes halogenated alkanes) is 10. The fourth-order valence-electron chi connectivity index (χ4n) is 3.23. The molecule has 0 aromatic rings. The Bertz CT molecular complexity index is 226. The molecule has 23 heavy (non-hydrogen) atoms. The predicted molar refractivity (Wildman–Crippen MR) is 102 cm³/mol. The molecule has 0 aliphatic carbocycles. The van der Waals surface area contributed by atoms with E-state index >= 15 is 0 Å². The molecular formula is C21H46FN. The summed E-state index contributed by atoms with van der Waals surface area (Å²) in [5, 5.41) is 0. The van der Waals surface area contributed by atoms with Gasteiger partial charge in [-0.15, -0.1) is 0 Å². The first-order valence-electron chi connectivity index (χ1n) is 10.3. The van der Waals surface area contributed by atoms with Crippen LogP contribution in [0.3, 0.4) is 0 Å². The van der Waals surface area contributed by atoms with Crippen LogP contribution in [0.1, 0.15) is 104 Å². The second-order valence-electron chi connectivity index (χ2n) is 8.45. The summed E-state index contributed by atoms with van der Waals surface area (Å²) >= 11 is 0. The van der Waals surface area contributed by atoms with Crippen molar-refractivity contribution in [2.24, 2.45) is 5.92 Å². The average Bonchev–Trinajstić information content (AvgIpc) is 2.45. The Morgan fingerprint density at radius 2 is 1.00 bits per heavy atom. The van der Waals surface area contributed by atoms with Crippen molar-refractivity contribution in [1.29, 1.82) is 0 Å². The minimum atomic E-state index is 0. The molecular weight excluding hydrogens is 285 g/mol. The van der Waals surface area contributed by atoms with Crippen LogP contribution >= 0.6 is 0 Å². The molecule has 0 aliphatic rings. The van der Waals surface area contributed by atoms with Crippen molar-refractivity contribution in [3.05, 3.63) is 0 Å². The zero-order chi connectivity index (χ0) is 16.7. The highest BCUT2D eigenvalue weighted by molar-refractivity contribution is 4.49. The van der Waals surface area contributed by atoms with Crippen LogP contribution < -0.4 is 4.70 Å². The summed E-state index contributed by atoms with van der Waals surface area (Å²) in [5.41, 5.74) is 0. The molecule has 142 valence electrons. The molecule has 0 spiro atoms. The molecule has 2 heteroatoms. The first kappa shape index (κ1) is 25.1. The Hall–Kier alpha value is -0.110. The van der Waals surface area contributed by atoms with Crippen molar-refractivity contribution in [3.8, 4) is 0 Å². The molecule has 0 fully saturated rings.